The van der Waals surface area contributed by atoms with Crippen LogP contribution in [-0.2, 0) is 42.8 Å². The molecular formula is C13H21BN3O14P3. The molecule has 1 aliphatic heterocycles. The Morgan fingerprint density at radius 1 is 1.21 bits per heavy atom. The summed E-state index contributed by atoms with van der Waals surface area (Å²) < 4.78 is 52.4. The minimum atomic E-state index is -5.69. The zero-order valence-corrected chi connectivity index (χ0v) is 20.0. The third-order valence-corrected chi connectivity index (χ3v) is 8.40. The molecule has 0 bridgehead atoms. The maximum atomic E-state index is 12.3. The van der Waals surface area contributed by atoms with E-state index < -0.39 is 65.4 Å². The molecule has 6 N–H and O–H groups in total. The van der Waals surface area contributed by atoms with Crippen LogP contribution in [0.1, 0.15) is 18.7 Å². The minimum Gasteiger partial charge on any atom is -0.358 e. The Kier molecular flexibility index (Phi) is 9.41. The number of hydrogen-bond acceptors (Lipinski definition) is 10. The van der Waals surface area contributed by atoms with Crippen LogP contribution in [0.4, 0.5) is 0 Å². The summed E-state index contributed by atoms with van der Waals surface area (Å²) in [6, 6.07) is 0. The number of phosphoric ester groups is 1. The van der Waals surface area contributed by atoms with Crippen molar-refractivity contribution in [1.29, 1.82) is 0 Å². The number of carbonyl (C=O) groups is 1. The number of aromatic amines is 1. The van der Waals surface area contributed by atoms with Gasteiger partial charge in [-0.2, -0.15) is 8.62 Å². The second-order valence-corrected chi connectivity index (χ2v) is 11.5. The molecule has 2 radical (unpaired) electrons. The second kappa shape index (κ2) is 11.1. The molecule has 0 spiro atoms. The van der Waals surface area contributed by atoms with Gasteiger partial charge in [0, 0.05) is 18.3 Å². The van der Waals surface area contributed by atoms with Gasteiger partial charge < -0.3 is 29.6 Å². The predicted octanol–water partition coefficient (Wildman–Crippen LogP) is -1.34. The van der Waals surface area contributed by atoms with Crippen molar-refractivity contribution in [2.75, 3.05) is 13.2 Å². The molecule has 190 valence electrons. The third-order valence-electron chi connectivity index (χ3n) is 4.59. The molecule has 17 nitrogen and oxygen atoms in total. The molecule has 2 rings (SSSR count). The quantitative estimate of drug-likeness (QED) is 0.0767. The van der Waals surface area contributed by atoms with Crippen molar-refractivity contribution < 1.29 is 55.9 Å². The molecule has 0 aromatic carbocycles. The number of nitrogens with zero attached hydrogens (tertiary/aromatic N) is 1. The number of nitrogens with one attached hydrogen (secondary N) is 2. The van der Waals surface area contributed by atoms with Gasteiger partial charge in [0.25, 0.3) is 5.56 Å². The molecule has 1 aliphatic rings. The minimum absolute atomic E-state index is 0.0847. The van der Waals surface area contributed by atoms with Gasteiger partial charge in [-0.25, -0.2) is 18.5 Å². The Morgan fingerprint density at radius 3 is 2.44 bits per heavy atom. The number of carbonyl (C=O) groups excluding carboxylic acids is 1. The van der Waals surface area contributed by atoms with E-state index in [9.17, 15) is 37.9 Å². The smallest absolute Gasteiger partial charge is 0.358 e. The molecule has 0 saturated carbocycles. The van der Waals surface area contributed by atoms with Crippen LogP contribution in [0.2, 0.25) is 5.82 Å². The van der Waals surface area contributed by atoms with E-state index in [0.29, 0.717) is 6.41 Å². The van der Waals surface area contributed by atoms with Crippen LogP contribution in [0.15, 0.2) is 15.8 Å². The van der Waals surface area contributed by atoms with E-state index in [2.05, 4.69) is 23.4 Å². The summed E-state index contributed by atoms with van der Waals surface area (Å²) in [6.45, 7) is 0.895. The molecule has 6 atom stereocenters. The molecule has 1 saturated heterocycles. The summed E-state index contributed by atoms with van der Waals surface area (Å²) in [4.78, 5) is 72.6. The first-order valence-corrected chi connectivity index (χ1v) is 13.8. The number of phosphoric acid groups is 3. The van der Waals surface area contributed by atoms with Crippen molar-refractivity contribution in [3.63, 3.8) is 0 Å². The van der Waals surface area contributed by atoms with Crippen LogP contribution < -0.4 is 16.6 Å². The number of H-pyrrole nitrogens is 1. The summed E-state index contributed by atoms with van der Waals surface area (Å²) in [6.07, 6.45) is -0.517. The van der Waals surface area contributed by atoms with Crippen LogP contribution in [0, 0.1) is 5.92 Å². The highest BCUT2D eigenvalue weighted by Crippen LogP contribution is 2.66. The molecule has 1 fully saturated rings. The average Bonchev–Trinajstić information content (AvgIpc) is 2.94. The van der Waals surface area contributed by atoms with Gasteiger partial charge in [-0.3, -0.25) is 23.7 Å². The molecule has 6 unspecified atom stereocenters. The standard InChI is InChI=1S/C13H21BN3O14P3/c1-7-9(5-28-33(24,25)31-34(26,27)30-32(21,22)23)29-12(10(7)14)17-4-8(2-3-15-6-18)11(19)16-13(17)20/h4,6-7,9-10,12H,2-3,5H2,1H3,(H,15,18)(H,24,25)(H,26,27)(H,16,19,20)(H2,21,22,23). The molecule has 1 amide bonds. The lowest BCUT2D eigenvalue weighted by Crippen LogP contribution is -2.36. The number of ether oxygens (including phenoxy) is 1. The van der Waals surface area contributed by atoms with Gasteiger partial charge in [-0.15, -0.1) is 0 Å². The largest absolute Gasteiger partial charge is 0.490 e. The summed E-state index contributed by atoms with van der Waals surface area (Å²) in [5.41, 5.74) is -1.41. The molecule has 34 heavy (non-hydrogen) atoms. The Hall–Kier alpha value is -1.42. The normalized spacial score (nSPS) is 26.5. The van der Waals surface area contributed by atoms with Crippen molar-refractivity contribution in [3.8, 4) is 0 Å². The van der Waals surface area contributed by atoms with Crippen molar-refractivity contribution in [3.05, 3.63) is 32.6 Å². The van der Waals surface area contributed by atoms with Crippen molar-refractivity contribution in [1.82, 2.24) is 14.9 Å². The molecule has 0 aliphatic carbocycles. The van der Waals surface area contributed by atoms with Crippen molar-refractivity contribution >= 4 is 37.7 Å². The first-order valence-electron chi connectivity index (χ1n) is 9.26. The number of rotatable bonds is 12. The highest BCUT2D eigenvalue weighted by Gasteiger charge is 2.44. The Morgan fingerprint density at radius 2 is 1.85 bits per heavy atom. The monoisotopic (exact) mass is 547 g/mol. The number of aromatic nitrogens is 2. The van der Waals surface area contributed by atoms with Gasteiger partial charge in [0.15, 0.2) is 0 Å². The molecular weight excluding hydrogens is 526 g/mol. The zero-order chi connectivity index (χ0) is 25.9. The van der Waals surface area contributed by atoms with Gasteiger partial charge in [0.05, 0.1) is 20.6 Å². The lowest BCUT2D eigenvalue weighted by atomic mass is 9.76. The predicted molar refractivity (Wildman–Crippen MR) is 111 cm³/mol. The number of amides is 1. The highest BCUT2D eigenvalue weighted by atomic mass is 31.3. The Balaban J connectivity index is 2.13. The fourth-order valence-corrected chi connectivity index (χ4v) is 6.00. The topological polar surface area (TPSA) is 253 Å². The van der Waals surface area contributed by atoms with E-state index in [1.807, 2.05) is 0 Å². The van der Waals surface area contributed by atoms with Crippen LogP contribution in [-0.4, -0.2) is 62.6 Å². The van der Waals surface area contributed by atoms with Crippen LogP contribution in [0.5, 0.6) is 0 Å². The maximum Gasteiger partial charge on any atom is 0.490 e. The third kappa shape index (κ3) is 8.07. The van der Waals surface area contributed by atoms with Gasteiger partial charge in [-0.1, -0.05) is 6.92 Å². The summed E-state index contributed by atoms with van der Waals surface area (Å²) in [5.74, 6) is -1.52. The van der Waals surface area contributed by atoms with Gasteiger partial charge in [0.1, 0.15) is 6.23 Å². The van der Waals surface area contributed by atoms with E-state index >= 15 is 0 Å². The van der Waals surface area contributed by atoms with Crippen LogP contribution >= 0.6 is 23.5 Å². The number of hydrogen-bond donors (Lipinski definition) is 6. The molecule has 1 aromatic heterocycles. The fraction of sp³-hybridized carbons (Fsp3) is 0.615. The highest BCUT2D eigenvalue weighted by molar-refractivity contribution is 7.66. The lowest BCUT2D eigenvalue weighted by molar-refractivity contribution is -0.109. The zero-order valence-electron chi connectivity index (χ0n) is 17.3. The average molecular weight is 547 g/mol. The van der Waals surface area contributed by atoms with E-state index in [1.54, 1.807) is 6.92 Å². The summed E-state index contributed by atoms with van der Waals surface area (Å²) in [7, 11) is -10.5. The van der Waals surface area contributed by atoms with E-state index in [1.165, 1.54) is 6.20 Å². The SMILES string of the molecule is [B]C1C(C)C(COP(=O)(O)OP(=O)(O)OP(=O)(O)O)OC1n1cc(CCNC=O)c(=O)[nH]c1=O. The van der Waals surface area contributed by atoms with Crippen LogP contribution in [0.25, 0.3) is 0 Å². The van der Waals surface area contributed by atoms with Gasteiger partial charge >= 0.3 is 29.2 Å². The van der Waals surface area contributed by atoms with Crippen molar-refractivity contribution in [2.45, 2.75) is 31.5 Å². The summed E-state index contributed by atoms with van der Waals surface area (Å²) >= 11 is 0. The summed E-state index contributed by atoms with van der Waals surface area (Å²) in [5, 5.41) is 2.36. The van der Waals surface area contributed by atoms with Gasteiger partial charge in [0.2, 0.25) is 6.41 Å². The van der Waals surface area contributed by atoms with E-state index in [4.69, 9.17) is 22.4 Å². The molecule has 1 aromatic rings. The Labute approximate surface area is 192 Å². The van der Waals surface area contributed by atoms with E-state index in [0.717, 1.165) is 4.57 Å². The molecule has 21 heteroatoms. The fourth-order valence-electron chi connectivity index (χ4n) is 2.97. The van der Waals surface area contributed by atoms with Crippen LogP contribution in [0.3, 0.4) is 0 Å². The first-order chi connectivity index (χ1) is 15.6. The van der Waals surface area contributed by atoms with E-state index in [-0.39, 0.29) is 18.5 Å². The first kappa shape index (κ1) is 28.8. The maximum absolute atomic E-state index is 12.3. The lowest BCUT2D eigenvalue weighted by Gasteiger charge is -2.20. The second-order valence-electron chi connectivity index (χ2n) is 7.03. The van der Waals surface area contributed by atoms with Gasteiger partial charge in [-0.05, 0) is 18.2 Å². The van der Waals surface area contributed by atoms with Crippen molar-refractivity contribution in [2.24, 2.45) is 5.92 Å². The Bertz CT molecular complexity index is 1150. The molecule has 2 heterocycles.